The highest BCUT2D eigenvalue weighted by Gasteiger charge is 2.27. The zero-order chi connectivity index (χ0) is 15.9. The van der Waals surface area contributed by atoms with Crippen molar-refractivity contribution in [3.63, 3.8) is 0 Å². The van der Waals surface area contributed by atoms with Crippen LogP contribution < -0.4 is 5.32 Å². The van der Waals surface area contributed by atoms with Gasteiger partial charge in [0.1, 0.15) is 5.69 Å². The van der Waals surface area contributed by atoms with E-state index in [1.54, 1.807) is 0 Å². The Balaban J connectivity index is 1.76. The van der Waals surface area contributed by atoms with Crippen LogP contribution in [0.2, 0.25) is 0 Å². The average Bonchev–Trinajstić information content (AvgIpc) is 2.92. The molecule has 0 unspecified atom stereocenters. The van der Waals surface area contributed by atoms with Crippen molar-refractivity contribution in [2.45, 2.75) is 32.7 Å². The molecule has 1 aromatic heterocycles. The van der Waals surface area contributed by atoms with Crippen LogP contribution in [0.15, 0.2) is 18.3 Å². The number of piperidine rings is 1. The molecule has 0 bridgehead atoms. The van der Waals surface area contributed by atoms with Gasteiger partial charge >= 0.3 is 0 Å². The zero-order valence-electron chi connectivity index (χ0n) is 14.0. The first-order valence-electron chi connectivity index (χ1n) is 8.34. The summed E-state index contributed by atoms with van der Waals surface area (Å²) in [6.07, 6.45) is 4.01. The molecular weight excluding hydrogens is 278 g/mol. The van der Waals surface area contributed by atoms with Gasteiger partial charge in [-0.3, -0.25) is 4.79 Å². The van der Waals surface area contributed by atoms with E-state index in [1.807, 2.05) is 36.9 Å². The number of aromatic nitrogens is 1. The topological polar surface area (TPSA) is 46.5 Å². The second-order valence-electron chi connectivity index (χ2n) is 6.20. The monoisotopic (exact) mass is 307 g/mol. The number of likely N-dealkylation sites (tertiary alicyclic amines) is 1. The molecule has 1 aliphatic heterocycles. The summed E-state index contributed by atoms with van der Waals surface area (Å²) in [7, 11) is 1.90. The minimum atomic E-state index is 0.0362. The number of amides is 1. The summed E-state index contributed by atoms with van der Waals surface area (Å²) >= 11 is 0. The van der Waals surface area contributed by atoms with Crippen molar-refractivity contribution in [1.82, 2.24) is 14.8 Å². The molecule has 1 aliphatic rings. The second-order valence-corrected chi connectivity index (χ2v) is 6.20. The van der Waals surface area contributed by atoms with Gasteiger partial charge in [-0.2, -0.15) is 0 Å². The highest BCUT2D eigenvalue weighted by atomic mass is 16.5. The fraction of sp³-hybridized carbons (Fsp3) is 0.706. The maximum absolute atomic E-state index is 12.3. The van der Waals surface area contributed by atoms with Gasteiger partial charge in [-0.1, -0.05) is 6.92 Å². The van der Waals surface area contributed by atoms with Gasteiger partial charge in [0, 0.05) is 52.1 Å². The molecule has 22 heavy (non-hydrogen) atoms. The van der Waals surface area contributed by atoms with E-state index >= 15 is 0 Å². The Morgan fingerprint density at radius 2 is 2.32 bits per heavy atom. The van der Waals surface area contributed by atoms with Crippen molar-refractivity contribution in [1.29, 1.82) is 0 Å². The van der Waals surface area contributed by atoms with Crippen LogP contribution in [0.1, 0.15) is 37.2 Å². The molecule has 0 saturated carbocycles. The largest absolute Gasteiger partial charge is 0.382 e. The molecule has 2 heterocycles. The lowest BCUT2D eigenvalue weighted by Crippen LogP contribution is -2.50. The first-order chi connectivity index (χ1) is 10.6. The number of carbonyl (C=O) groups is 1. The maximum atomic E-state index is 12.3. The first-order valence-corrected chi connectivity index (χ1v) is 8.34. The van der Waals surface area contributed by atoms with Crippen LogP contribution in [0.4, 0.5) is 0 Å². The first kappa shape index (κ1) is 17.0. The highest BCUT2D eigenvalue weighted by Crippen LogP contribution is 2.17. The molecule has 1 saturated heterocycles. The predicted molar refractivity (Wildman–Crippen MR) is 88.0 cm³/mol. The highest BCUT2D eigenvalue weighted by molar-refractivity contribution is 5.92. The van der Waals surface area contributed by atoms with E-state index < -0.39 is 0 Å². The lowest BCUT2D eigenvalue weighted by atomic mass is 9.93. The van der Waals surface area contributed by atoms with Crippen LogP contribution >= 0.6 is 0 Å². The van der Waals surface area contributed by atoms with Crippen molar-refractivity contribution in [2.75, 3.05) is 32.8 Å². The fourth-order valence-electron chi connectivity index (χ4n) is 3.12. The average molecular weight is 307 g/mol. The Labute approximate surface area is 133 Å². The van der Waals surface area contributed by atoms with Crippen LogP contribution in [0.3, 0.4) is 0 Å². The Hall–Kier alpha value is -1.33. The van der Waals surface area contributed by atoms with Crippen molar-refractivity contribution in [3.8, 4) is 0 Å². The van der Waals surface area contributed by atoms with E-state index in [9.17, 15) is 4.79 Å². The molecule has 2 rings (SSSR count). The molecule has 2 atom stereocenters. The molecule has 0 radical (unpaired) electrons. The Kier molecular flexibility index (Phi) is 6.46. The van der Waals surface area contributed by atoms with E-state index in [1.165, 1.54) is 0 Å². The summed E-state index contributed by atoms with van der Waals surface area (Å²) in [6, 6.07) is 4.04. The standard InChI is InChI=1S/C17H29N3O2/c1-4-22-12-6-10-20-11-8-15(14(2)13-20)18-17(21)16-7-5-9-19(16)3/h5,7,9,14-15H,4,6,8,10-13H2,1-3H3,(H,18,21)/t14-,15+/m1/s1. The third-order valence-corrected chi connectivity index (χ3v) is 4.45. The lowest BCUT2D eigenvalue weighted by molar-refractivity contribution is 0.0836. The number of aryl methyl sites for hydroxylation is 1. The van der Waals surface area contributed by atoms with Crippen molar-refractivity contribution in [3.05, 3.63) is 24.0 Å². The molecule has 124 valence electrons. The SMILES string of the molecule is CCOCCCN1CC[C@H](NC(=O)c2cccn2C)[C@H](C)C1. The van der Waals surface area contributed by atoms with Crippen molar-refractivity contribution >= 4 is 5.91 Å². The molecule has 5 nitrogen and oxygen atoms in total. The summed E-state index contributed by atoms with van der Waals surface area (Å²) in [5.74, 6) is 0.513. The Bertz CT molecular complexity index is 472. The molecule has 1 amide bonds. The molecule has 0 aliphatic carbocycles. The summed E-state index contributed by atoms with van der Waals surface area (Å²) < 4.78 is 7.26. The summed E-state index contributed by atoms with van der Waals surface area (Å²) in [5.41, 5.74) is 0.728. The fourth-order valence-corrected chi connectivity index (χ4v) is 3.12. The molecule has 0 aromatic carbocycles. The second kappa shape index (κ2) is 8.34. The van der Waals surface area contributed by atoms with Gasteiger partial charge in [-0.15, -0.1) is 0 Å². The van der Waals surface area contributed by atoms with E-state index in [0.29, 0.717) is 5.92 Å². The minimum absolute atomic E-state index is 0.0362. The van der Waals surface area contributed by atoms with Gasteiger partial charge in [0.05, 0.1) is 0 Å². The van der Waals surface area contributed by atoms with Crippen LogP contribution in [0, 0.1) is 5.92 Å². The zero-order valence-corrected chi connectivity index (χ0v) is 14.0. The van der Waals surface area contributed by atoms with E-state index in [2.05, 4.69) is 17.1 Å². The molecule has 1 fully saturated rings. The van der Waals surface area contributed by atoms with Crippen molar-refractivity contribution < 1.29 is 9.53 Å². The molecule has 0 spiro atoms. The third-order valence-electron chi connectivity index (χ3n) is 4.45. The summed E-state index contributed by atoms with van der Waals surface area (Å²) in [6.45, 7) is 9.08. The smallest absolute Gasteiger partial charge is 0.268 e. The number of nitrogens with zero attached hydrogens (tertiary/aromatic N) is 2. The van der Waals surface area contributed by atoms with Gasteiger partial charge in [0.2, 0.25) is 0 Å². The van der Waals surface area contributed by atoms with Gasteiger partial charge in [0.25, 0.3) is 5.91 Å². The summed E-state index contributed by atoms with van der Waals surface area (Å²) in [5, 5.41) is 3.20. The van der Waals surface area contributed by atoms with Crippen LogP contribution in [-0.2, 0) is 11.8 Å². The van der Waals surface area contributed by atoms with E-state index in [0.717, 1.165) is 51.4 Å². The lowest BCUT2D eigenvalue weighted by Gasteiger charge is -2.37. The normalized spacial score (nSPS) is 22.7. The number of carbonyl (C=O) groups excluding carboxylic acids is 1. The Morgan fingerprint density at radius 1 is 1.50 bits per heavy atom. The van der Waals surface area contributed by atoms with Crippen LogP contribution in [0.25, 0.3) is 0 Å². The number of ether oxygens (including phenoxy) is 1. The van der Waals surface area contributed by atoms with Gasteiger partial charge in [-0.05, 0) is 37.8 Å². The molecule has 5 heteroatoms. The Morgan fingerprint density at radius 3 is 2.95 bits per heavy atom. The van der Waals surface area contributed by atoms with Crippen molar-refractivity contribution in [2.24, 2.45) is 13.0 Å². The van der Waals surface area contributed by atoms with Gasteiger partial charge < -0.3 is 19.5 Å². The predicted octanol–water partition coefficient (Wildman–Crippen LogP) is 1.89. The van der Waals surface area contributed by atoms with E-state index in [-0.39, 0.29) is 11.9 Å². The van der Waals surface area contributed by atoms with Crippen LogP contribution in [0.5, 0.6) is 0 Å². The number of rotatable bonds is 7. The number of nitrogens with one attached hydrogen (secondary N) is 1. The van der Waals surface area contributed by atoms with E-state index in [4.69, 9.17) is 4.74 Å². The van der Waals surface area contributed by atoms with Gasteiger partial charge in [0.15, 0.2) is 0 Å². The number of hydrogen-bond acceptors (Lipinski definition) is 3. The summed E-state index contributed by atoms with van der Waals surface area (Å²) in [4.78, 5) is 14.8. The third kappa shape index (κ3) is 4.58. The van der Waals surface area contributed by atoms with Crippen LogP contribution in [-0.4, -0.2) is 54.3 Å². The molecule has 1 aromatic rings. The molecule has 1 N–H and O–H groups in total. The maximum Gasteiger partial charge on any atom is 0.268 e. The minimum Gasteiger partial charge on any atom is -0.382 e. The quantitative estimate of drug-likeness (QED) is 0.783. The van der Waals surface area contributed by atoms with Gasteiger partial charge in [-0.25, -0.2) is 0 Å². The number of hydrogen-bond donors (Lipinski definition) is 1. The molecular formula is C17H29N3O2.